The minimum Gasteiger partial charge on any atom is -0.481 e. The summed E-state index contributed by atoms with van der Waals surface area (Å²) in [6.07, 6.45) is 3.09. The van der Waals surface area contributed by atoms with Crippen molar-refractivity contribution in [3.8, 4) is 11.1 Å². The number of carboxylic acid groups (broad SMARTS) is 1. The Labute approximate surface area is 166 Å². The third-order valence-corrected chi connectivity index (χ3v) is 5.32. The van der Waals surface area contributed by atoms with Gasteiger partial charge in [-0.15, -0.1) is 0 Å². The number of hydrogen-bond acceptors (Lipinski definition) is 2. The van der Waals surface area contributed by atoms with Crippen molar-refractivity contribution in [2.45, 2.75) is 38.6 Å². The predicted octanol–water partition coefficient (Wildman–Crippen LogP) is 4.18. The smallest absolute Gasteiger partial charge is 0.317 e. The molecule has 1 aliphatic heterocycles. The summed E-state index contributed by atoms with van der Waals surface area (Å²) < 4.78 is 0. The average Bonchev–Trinajstić information content (AvgIpc) is 3.24. The summed E-state index contributed by atoms with van der Waals surface area (Å²) in [6.45, 7) is 3.24. The first-order chi connectivity index (χ1) is 13.5. The number of likely N-dealkylation sites (tertiary alicyclic amines) is 1. The highest BCUT2D eigenvalue weighted by Gasteiger charge is 2.24. The minimum atomic E-state index is -0.833. The first-order valence-electron chi connectivity index (χ1n) is 9.95. The second-order valence-electron chi connectivity index (χ2n) is 7.58. The van der Waals surface area contributed by atoms with E-state index in [1.807, 2.05) is 23.1 Å². The number of carboxylic acids is 1. The van der Waals surface area contributed by atoms with E-state index in [9.17, 15) is 14.7 Å². The molecule has 5 nitrogen and oxygen atoms in total. The predicted molar refractivity (Wildman–Crippen MR) is 110 cm³/mol. The van der Waals surface area contributed by atoms with E-state index in [1.54, 1.807) is 6.92 Å². The van der Waals surface area contributed by atoms with E-state index >= 15 is 0 Å². The summed E-state index contributed by atoms with van der Waals surface area (Å²) in [5.41, 5.74) is 3.39. The average molecular weight is 380 g/mol. The molecule has 0 spiro atoms. The monoisotopic (exact) mass is 380 g/mol. The fourth-order valence-electron chi connectivity index (χ4n) is 3.66. The van der Waals surface area contributed by atoms with Crippen molar-refractivity contribution in [3.63, 3.8) is 0 Å². The van der Waals surface area contributed by atoms with Gasteiger partial charge in [-0.25, -0.2) is 4.79 Å². The van der Waals surface area contributed by atoms with Crippen LogP contribution in [0.3, 0.4) is 0 Å². The van der Waals surface area contributed by atoms with Gasteiger partial charge in [0.1, 0.15) is 0 Å². The minimum absolute atomic E-state index is 0.0824. The van der Waals surface area contributed by atoms with Crippen LogP contribution in [0, 0.1) is 5.92 Å². The van der Waals surface area contributed by atoms with Gasteiger partial charge in [-0.1, -0.05) is 61.5 Å². The van der Waals surface area contributed by atoms with Crippen LogP contribution in [0.4, 0.5) is 4.79 Å². The fraction of sp³-hybridized carbons (Fsp3) is 0.391. The zero-order chi connectivity index (χ0) is 19.9. The molecule has 5 heteroatoms. The molecule has 0 aromatic heterocycles. The van der Waals surface area contributed by atoms with Crippen molar-refractivity contribution in [2.24, 2.45) is 5.92 Å². The summed E-state index contributed by atoms with van der Waals surface area (Å²) in [7, 11) is 0. The van der Waals surface area contributed by atoms with Crippen molar-refractivity contribution in [1.29, 1.82) is 0 Å². The second kappa shape index (κ2) is 9.40. The normalized spacial score (nSPS) is 15.8. The van der Waals surface area contributed by atoms with E-state index in [1.165, 1.54) is 0 Å². The molecule has 1 fully saturated rings. The van der Waals surface area contributed by atoms with Gasteiger partial charge in [-0.05, 0) is 42.4 Å². The van der Waals surface area contributed by atoms with Gasteiger partial charge < -0.3 is 15.3 Å². The van der Waals surface area contributed by atoms with Crippen LogP contribution in [-0.2, 0) is 11.2 Å². The molecule has 0 aliphatic carbocycles. The van der Waals surface area contributed by atoms with Crippen molar-refractivity contribution in [1.82, 2.24) is 10.2 Å². The van der Waals surface area contributed by atoms with Crippen molar-refractivity contribution < 1.29 is 14.7 Å². The number of benzene rings is 2. The zero-order valence-electron chi connectivity index (χ0n) is 16.3. The Kier molecular flexibility index (Phi) is 6.69. The quantitative estimate of drug-likeness (QED) is 0.757. The molecule has 2 atom stereocenters. The number of hydrogen-bond donors (Lipinski definition) is 2. The maximum atomic E-state index is 12.5. The molecule has 2 amide bonds. The van der Waals surface area contributed by atoms with Gasteiger partial charge in [-0.3, -0.25) is 4.79 Å². The summed E-state index contributed by atoms with van der Waals surface area (Å²) in [5, 5.41) is 12.3. The number of aliphatic carboxylic acids is 1. The molecule has 1 heterocycles. The highest BCUT2D eigenvalue weighted by molar-refractivity contribution is 5.75. The molecule has 0 unspecified atom stereocenters. The van der Waals surface area contributed by atoms with Gasteiger partial charge >= 0.3 is 12.0 Å². The molecule has 1 saturated heterocycles. The van der Waals surface area contributed by atoms with E-state index < -0.39 is 11.9 Å². The van der Waals surface area contributed by atoms with E-state index in [4.69, 9.17) is 0 Å². The molecular formula is C23H28N2O3. The number of carbonyl (C=O) groups excluding carboxylic acids is 1. The zero-order valence-corrected chi connectivity index (χ0v) is 16.3. The topological polar surface area (TPSA) is 69.6 Å². The van der Waals surface area contributed by atoms with E-state index in [2.05, 4.69) is 41.7 Å². The van der Waals surface area contributed by atoms with Crippen LogP contribution in [-0.4, -0.2) is 41.1 Å². The molecule has 0 radical (unpaired) electrons. The highest BCUT2D eigenvalue weighted by Crippen LogP contribution is 2.21. The van der Waals surface area contributed by atoms with Crippen LogP contribution in [0.5, 0.6) is 0 Å². The number of nitrogens with one attached hydrogen (secondary N) is 1. The third-order valence-electron chi connectivity index (χ3n) is 5.32. The van der Waals surface area contributed by atoms with Gasteiger partial charge in [-0.2, -0.15) is 0 Å². The van der Waals surface area contributed by atoms with Crippen molar-refractivity contribution in [3.05, 3.63) is 60.2 Å². The first kappa shape index (κ1) is 19.9. The van der Waals surface area contributed by atoms with Gasteiger partial charge in [0.15, 0.2) is 0 Å². The van der Waals surface area contributed by atoms with Gasteiger partial charge in [0.25, 0.3) is 0 Å². The van der Waals surface area contributed by atoms with Crippen LogP contribution >= 0.6 is 0 Å². The lowest BCUT2D eigenvalue weighted by molar-refractivity contribution is -0.141. The molecule has 0 bridgehead atoms. The summed E-state index contributed by atoms with van der Waals surface area (Å²) >= 11 is 0. The Morgan fingerprint density at radius 1 is 1.00 bits per heavy atom. The van der Waals surface area contributed by atoms with E-state index in [-0.39, 0.29) is 12.1 Å². The molecule has 28 heavy (non-hydrogen) atoms. The SMILES string of the molecule is C[C@H](C[C@@H](Cc1ccc(-c2ccccc2)cc1)NC(=O)N1CCCC1)C(=O)O. The van der Waals surface area contributed by atoms with Crippen molar-refractivity contribution >= 4 is 12.0 Å². The summed E-state index contributed by atoms with van der Waals surface area (Å²) in [6, 6.07) is 18.1. The molecule has 2 aromatic rings. The Hall–Kier alpha value is -2.82. The largest absolute Gasteiger partial charge is 0.481 e. The molecular weight excluding hydrogens is 352 g/mol. The number of amides is 2. The molecule has 3 rings (SSSR count). The second-order valence-corrected chi connectivity index (χ2v) is 7.58. The van der Waals surface area contributed by atoms with Crippen LogP contribution < -0.4 is 5.32 Å². The van der Waals surface area contributed by atoms with Gasteiger partial charge in [0.05, 0.1) is 5.92 Å². The number of nitrogens with zero attached hydrogens (tertiary/aromatic N) is 1. The Balaban J connectivity index is 1.68. The van der Waals surface area contributed by atoms with Crippen LogP contribution in [0.25, 0.3) is 11.1 Å². The lowest BCUT2D eigenvalue weighted by atomic mass is 9.95. The van der Waals surface area contributed by atoms with Crippen molar-refractivity contribution in [2.75, 3.05) is 13.1 Å². The summed E-state index contributed by atoms with van der Waals surface area (Å²) in [4.78, 5) is 25.6. The van der Waals surface area contributed by atoms with Crippen LogP contribution in [0.2, 0.25) is 0 Å². The molecule has 2 aromatic carbocycles. The van der Waals surface area contributed by atoms with E-state index in [0.717, 1.165) is 42.6 Å². The maximum Gasteiger partial charge on any atom is 0.317 e. The first-order valence-corrected chi connectivity index (χ1v) is 9.95. The standard InChI is InChI=1S/C23H28N2O3/c1-17(22(26)27)15-21(24-23(28)25-13-5-6-14-25)16-18-9-11-20(12-10-18)19-7-3-2-4-8-19/h2-4,7-12,17,21H,5-6,13-16H2,1H3,(H,24,28)(H,26,27)/t17-,21+/m1/s1. The Morgan fingerprint density at radius 3 is 2.21 bits per heavy atom. The highest BCUT2D eigenvalue weighted by atomic mass is 16.4. The molecule has 2 N–H and O–H groups in total. The lowest BCUT2D eigenvalue weighted by Crippen LogP contribution is -2.45. The number of carbonyl (C=O) groups is 2. The summed E-state index contributed by atoms with van der Waals surface area (Å²) in [5.74, 6) is -1.34. The molecule has 148 valence electrons. The molecule has 1 aliphatic rings. The third kappa shape index (κ3) is 5.35. The number of urea groups is 1. The Bertz CT molecular complexity index is 783. The lowest BCUT2D eigenvalue weighted by Gasteiger charge is -2.24. The number of rotatable bonds is 7. The van der Waals surface area contributed by atoms with Gasteiger partial charge in [0, 0.05) is 19.1 Å². The maximum absolute atomic E-state index is 12.5. The fourth-order valence-corrected chi connectivity index (χ4v) is 3.66. The van der Waals surface area contributed by atoms with Crippen LogP contribution in [0.15, 0.2) is 54.6 Å². The van der Waals surface area contributed by atoms with E-state index in [0.29, 0.717) is 12.8 Å². The molecule has 0 saturated carbocycles. The van der Waals surface area contributed by atoms with Gasteiger partial charge in [0.2, 0.25) is 0 Å². The van der Waals surface area contributed by atoms with Crippen LogP contribution in [0.1, 0.15) is 31.7 Å². The Morgan fingerprint density at radius 2 is 1.61 bits per heavy atom.